The van der Waals surface area contributed by atoms with Gasteiger partial charge in [0.2, 0.25) is 0 Å². The SMILES string of the molecule is CC1=C(/C=C/C(C)=C/C=O)C(C)(C)CC(O)C1. The van der Waals surface area contributed by atoms with Crippen molar-refractivity contribution in [1.82, 2.24) is 0 Å². The van der Waals surface area contributed by atoms with Crippen LogP contribution in [-0.4, -0.2) is 17.5 Å². The van der Waals surface area contributed by atoms with E-state index in [4.69, 9.17) is 0 Å². The summed E-state index contributed by atoms with van der Waals surface area (Å²) < 4.78 is 0. The van der Waals surface area contributed by atoms with Crippen LogP contribution >= 0.6 is 0 Å². The molecule has 0 saturated heterocycles. The summed E-state index contributed by atoms with van der Waals surface area (Å²) in [5.41, 5.74) is 3.47. The third kappa shape index (κ3) is 3.67. The molecule has 0 heterocycles. The van der Waals surface area contributed by atoms with Crippen LogP contribution in [0.15, 0.2) is 34.9 Å². The smallest absolute Gasteiger partial charge is 0.143 e. The van der Waals surface area contributed by atoms with Gasteiger partial charge in [0, 0.05) is 0 Å². The van der Waals surface area contributed by atoms with Crippen LogP contribution in [0.5, 0.6) is 0 Å². The number of hydrogen-bond donors (Lipinski definition) is 1. The van der Waals surface area contributed by atoms with E-state index in [0.29, 0.717) is 0 Å². The minimum Gasteiger partial charge on any atom is -0.393 e. The number of aliphatic hydroxyl groups excluding tert-OH is 1. The third-order valence-corrected chi connectivity index (χ3v) is 3.32. The van der Waals surface area contributed by atoms with Gasteiger partial charge in [-0.25, -0.2) is 0 Å². The molecule has 1 unspecified atom stereocenters. The summed E-state index contributed by atoms with van der Waals surface area (Å²) in [5.74, 6) is 0. The number of aliphatic hydroxyl groups is 1. The average molecular weight is 234 g/mol. The fraction of sp³-hybridized carbons (Fsp3) is 0.533. The highest BCUT2D eigenvalue weighted by atomic mass is 16.3. The van der Waals surface area contributed by atoms with Crippen molar-refractivity contribution in [3.05, 3.63) is 34.9 Å². The van der Waals surface area contributed by atoms with Gasteiger partial charge < -0.3 is 5.11 Å². The predicted octanol–water partition coefficient (Wildman–Crippen LogP) is 3.19. The van der Waals surface area contributed by atoms with Gasteiger partial charge in [0.15, 0.2) is 0 Å². The number of rotatable bonds is 3. The van der Waals surface area contributed by atoms with E-state index in [0.717, 1.165) is 24.7 Å². The minimum absolute atomic E-state index is 0.000289. The Bertz CT molecular complexity index is 384. The fourth-order valence-corrected chi connectivity index (χ4v) is 2.56. The first kappa shape index (κ1) is 13.9. The van der Waals surface area contributed by atoms with Gasteiger partial charge in [-0.15, -0.1) is 0 Å². The summed E-state index contributed by atoms with van der Waals surface area (Å²) in [6, 6.07) is 0. The highest BCUT2D eigenvalue weighted by Gasteiger charge is 2.31. The molecule has 0 aromatic carbocycles. The normalized spacial score (nSPS) is 25.5. The summed E-state index contributed by atoms with van der Waals surface area (Å²) in [5, 5.41) is 9.78. The van der Waals surface area contributed by atoms with Crippen LogP contribution in [0.4, 0.5) is 0 Å². The van der Waals surface area contributed by atoms with E-state index in [1.165, 1.54) is 11.1 Å². The Kier molecular flexibility index (Phi) is 4.47. The van der Waals surface area contributed by atoms with E-state index < -0.39 is 0 Å². The third-order valence-electron chi connectivity index (χ3n) is 3.32. The Morgan fingerprint density at radius 1 is 1.47 bits per heavy atom. The molecule has 1 aliphatic carbocycles. The zero-order valence-corrected chi connectivity index (χ0v) is 11.2. The molecule has 2 heteroatoms. The lowest BCUT2D eigenvalue weighted by Gasteiger charge is -2.35. The Balaban J connectivity index is 2.98. The molecule has 1 rings (SSSR count). The molecule has 2 nitrogen and oxygen atoms in total. The van der Waals surface area contributed by atoms with Gasteiger partial charge in [0.25, 0.3) is 0 Å². The summed E-state index contributed by atoms with van der Waals surface area (Å²) in [4.78, 5) is 10.3. The topological polar surface area (TPSA) is 37.3 Å². The van der Waals surface area contributed by atoms with E-state index in [-0.39, 0.29) is 11.5 Å². The molecule has 0 radical (unpaired) electrons. The molecular formula is C15H22O2. The number of carbonyl (C=O) groups is 1. The van der Waals surface area contributed by atoms with E-state index in [9.17, 15) is 9.90 Å². The average Bonchev–Trinajstić information content (AvgIpc) is 2.14. The lowest BCUT2D eigenvalue weighted by Crippen LogP contribution is -2.28. The number of allylic oxidation sites excluding steroid dienone is 5. The van der Waals surface area contributed by atoms with Crippen molar-refractivity contribution < 1.29 is 9.90 Å². The van der Waals surface area contributed by atoms with Gasteiger partial charge in [0.05, 0.1) is 6.10 Å². The van der Waals surface area contributed by atoms with Crippen LogP contribution in [0, 0.1) is 5.41 Å². The second-order valence-electron chi connectivity index (χ2n) is 5.52. The fourth-order valence-electron chi connectivity index (χ4n) is 2.56. The molecule has 0 aromatic rings. The lowest BCUT2D eigenvalue weighted by molar-refractivity contribution is -0.104. The second kappa shape index (κ2) is 5.46. The summed E-state index contributed by atoms with van der Waals surface area (Å²) in [6.07, 6.45) is 7.71. The summed E-state index contributed by atoms with van der Waals surface area (Å²) in [6.45, 7) is 8.28. The highest BCUT2D eigenvalue weighted by molar-refractivity contribution is 5.67. The predicted molar refractivity (Wildman–Crippen MR) is 70.7 cm³/mol. The van der Waals surface area contributed by atoms with E-state index in [1.807, 2.05) is 13.0 Å². The molecule has 0 spiro atoms. The van der Waals surface area contributed by atoms with Crippen LogP contribution in [0.3, 0.4) is 0 Å². The standard InChI is InChI=1S/C15H22O2/c1-11(7-8-16)5-6-14-12(2)9-13(17)10-15(14,3)4/h5-8,13,17H,9-10H2,1-4H3/b6-5+,11-7+. The molecule has 94 valence electrons. The van der Waals surface area contributed by atoms with Crippen LogP contribution in [0.1, 0.15) is 40.5 Å². The monoisotopic (exact) mass is 234 g/mol. The van der Waals surface area contributed by atoms with Crippen LogP contribution in [-0.2, 0) is 4.79 Å². The zero-order valence-electron chi connectivity index (χ0n) is 11.2. The van der Waals surface area contributed by atoms with Gasteiger partial charge in [-0.3, -0.25) is 4.79 Å². The lowest BCUT2D eigenvalue weighted by atomic mass is 9.71. The van der Waals surface area contributed by atoms with Crippen molar-refractivity contribution in [1.29, 1.82) is 0 Å². The van der Waals surface area contributed by atoms with Crippen LogP contribution < -0.4 is 0 Å². The van der Waals surface area contributed by atoms with Crippen molar-refractivity contribution in [3.63, 3.8) is 0 Å². The van der Waals surface area contributed by atoms with Crippen molar-refractivity contribution >= 4 is 6.29 Å². The van der Waals surface area contributed by atoms with Crippen molar-refractivity contribution in [2.45, 2.75) is 46.6 Å². The van der Waals surface area contributed by atoms with Crippen molar-refractivity contribution in [3.8, 4) is 0 Å². The molecule has 0 bridgehead atoms. The Morgan fingerprint density at radius 3 is 2.65 bits per heavy atom. The maximum Gasteiger partial charge on any atom is 0.143 e. The minimum atomic E-state index is -0.228. The largest absolute Gasteiger partial charge is 0.393 e. The first-order valence-electron chi connectivity index (χ1n) is 6.05. The molecule has 0 fully saturated rings. The van der Waals surface area contributed by atoms with E-state index in [2.05, 4.69) is 26.8 Å². The maximum atomic E-state index is 10.3. The van der Waals surface area contributed by atoms with Gasteiger partial charge in [-0.2, -0.15) is 0 Å². The Morgan fingerprint density at radius 2 is 2.12 bits per heavy atom. The Hall–Kier alpha value is -1.15. The first-order chi connectivity index (χ1) is 7.86. The van der Waals surface area contributed by atoms with Gasteiger partial charge in [-0.1, -0.05) is 31.6 Å². The van der Waals surface area contributed by atoms with E-state index >= 15 is 0 Å². The summed E-state index contributed by atoms with van der Waals surface area (Å²) in [7, 11) is 0. The highest BCUT2D eigenvalue weighted by Crippen LogP contribution is 2.40. The van der Waals surface area contributed by atoms with Crippen molar-refractivity contribution in [2.24, 2.45) is 5.41 Å². The quantitative estimate of drug-likeness (QED) is 0.462. The van der Waals surface area contributed by atoms with Gasteiger partial charge >= 0.3 is 0 Å². The number of hydrogen-bond acceptors (Lipinski definition) is 2. The molecular weight excluding hydrogens is 212 g/mol. The molecule has 1 aliphatic rings. The molecule has 0 saturated carbocycles. The van der Waals surface area contributed by atoms with E-state index in [1.54, 1.807) is 6.08 Å². The number of aldehydes is 1. The summed E-state index contributed by atoms with van der Waals surface area (Å²) >= 11 is 0. The molecule has 0 aliphatic heterocycles. The maximum absolute atomic E-state index is 10.3. The molecule has 0 amide bonds. The van der Waals surface area contributed by atoms with Crippen LogP contribution in [0.25, 0.3) is 0 Å². The van der Waals surface area contributed by atoms with Gasteiger partial charge in [0.1, 0.15) is 6.29 Å². The van der Waals surface area contributed by atoms with Crippen LogP contribution in [0.2, 0.25) is 0 Å². The zero-order chi connectivity index (χ0) is 13.1. The molecule has 17 heavy (non-hydrogen) atoms. The molecule has 1 atom stereocenters. The Labute approximate surface area is 104 Å². The van der Waals surface area contributed by atoms with Crippen molar-refractivity contribution in [2.75, 3.05) is 0 Å². The second-order valence-corrected chi connectivity index (χ2v) is 5.52. The molecule has 0 aromatic heterocycles. The molecule has 1 N–H and O–H groups in total. The number of carbonyl (C=O) groups excluding carboxylic acids is 1. The van der Waals surface area contributed by atoms with Gasteiger partial charge in [-0.05, 0) is 49.3 Å². The first-order valence-corrected chi connectivity index (χ1v) is 6.05.